The third-order valence-electron chi connectivity index (χ3n) is 3.06. The molecule has 0 fully saturated rings. The number of hydrogen-bond acceptors (Lipinski definition) is 4. The number of furan rings is 1. The van der Waals surface area contributed by atoms with Crippen molar-refractivity contribution < 1.29 is 4.42 Å². The van der Waals surface area contributed by atoms with Gasteiger partial charge in [-0.25, -0.2) is 0 Å². The Hall–Kier alpha value is -1.88. The fraction of sp³-hybridized carbons (Fsp3) is 0.333. The van der Waals surface area contributed by atoms with Crippen LogP contribution in [0, 0.1) is 13.8 Å². The number of nitrogens with one attached hydrogen (secondary N) is 1. The normalized spacial score (nSPS) is 12.2. The molecule has 1 unspecified atom stereocenters. The van der Waals surface area contributed by atoms with E-state index in [4.69, 9.17) is 22.4 Å². The molecular weight excluding hydrogens is 270 g/mol. The van der Waals surface area contributed by atoms with Gasteiger partial charge in [0.15, 0.2) is 0 Å². The summed E-state index contributed by atoms with van der Waals surface area (Å²) in [5.41, 5.74) is 9.35. The summed E-state index contributed by atoms with van der Waals surface area (Å²) in [4.78, 5) is 4.78. The van der Waals surface area contributed by atoms with Crippen LogP contribution in [0.25, 0.3) is 0 Å². The fourth-order valence-corrected chi connectivity index (χ4v) is 2.56. The van der Waals surface area contributed by atoms with E-state index in [0.717, 1.165) is 34.8 Å². The predicted molar refractivity (Wildman–Crippen MR) is 85.1 cm³/mol. The molecule has 0 spiro atoms. The first-order valence-corrected chi connectivity index (χ1v) is 6.95. The number of pyridine rings is 1. The SMILES string of the molecule is Cc1cc(NC(C)Cc2ccco2)c(C(N)=S)c(C)n1. The number of aryl methyl sites for hydroxylation is 2. The second kappa shape index (κ2) is 6.05. The van der Waals surface area contributed by atoms with Gasteiger partial charge in [0.1, 0.15) is 10.7 Å². The maximum Gasteiger partial charge on any atom is 0.107 e. The zero-order chi connectivity index (χ0) is 14.7. The van der Waals surface area contributed by atoms with Crippen LogP contribution in [0.2, 0.25) is 0 Å². The molecule has 2 aromatic rings. The van der Waals surface area contributed by atoms with Crippen LogP contribution in [-0.2, 0) is 6.42 Å². The van der Waals surface area contributed by atoms with Gasteiger partial charge in [-0.05, 0) is 39.0 Å². The molecule has 0 saturated heterocycles. The smallest absolute Gasteiger partial charge is 0.107 e. The third-order valence-corrected chi connectivity index (χ3v) is 3.27. The zero-order valence-corrected chi connectivity index (χ0v) is 12.8. The third kappa shape index (κ3) is 3.36. The Morgan fingerprint density at radius 3 is 2.85 bits per heavy atom. The molecule has 3 N–H and O–H groups in total. The first kappa shape index (κ1) is 14.5. The molecule has 0 aromatic carbocycles. The Morgan fingerprint density at radius 2 is 2.25 bits per heavy atom. The molecule has 2 aromatic heterocycles. The molecule has 0 aliphatic carbocycles. The molecule has 20 heavy (non-hydrogen) atoms. The summed E-state index contributed by atoms with van der Waals surface area (Å²) in [5.74, 6) is 0.948. The van der Waals surface area contributed by atoms with Crippen molar-refractivity contribution in [3.63, 3.8) is 0 Å². The van der Waals surface area contributed by atoms with Gasteiger partial charge in [-0.1, -0.05) is 12.2 Å². The first-order valence-electron chi connectivity index (χ1n) is 6.54. The lowest BCUT2D eigenvalue weighted by Gasteiger charge is -2.18. The summed E-state index contributed by atoms with van der Waals surface area (Å²) in [5, 5.41) is 3.44. The van der Waals surface area contributed by atoms with Crippen LogP contribution in [0.1, 0.15) is 29.6 Å². The molecule has 4 nitrogen and oxygen atoms in total. The second-order valence-corrected chi connectivity index (χ2v) is 5.40. The summed E-state index contributed by atoms with van der Waals surface area (Å²) in [6.07, 6.45) is 2.48. The van der Waals surface area contributed by atoms with Crippen molar-refractivity contribution >= 4 is 22.9 Å². The summed E-state index contributed by atoms with van der Waals surface area (Å²) in [6, 6.07) is 6.04. The average molecular weight is 289 g/mol. The van der Waals surface area contributed by atoms with Gasteiger partial charge in [0.05, 0.1) is 11.8 Å². The van der Waals surface area contributed by atoms with Crippen LogP contribution in [0.3, 0.4) is 0 Å². The molecule has 0 radical (unpaired) electrons. The van der Waals surface area contributed by atoms with Crippen molar-refractivity contribution in [3.8, 4) is 0 Å². The van der Waals surface area contributed by atoms with E-state index in [-0.39, 0.29) is 6.04 Å². The number of thiocarbonyl (C=S) groups is 1. The molecule has 2 rings (SSSR count). The predicted octanol–water partition coefficient (Wildman–Crippen LogP) is 2.97. The van der Waals surface area contributed by atoms with Crippen LogP contribution in [0.15, 0.2) is 28.9 Å². The van der Waals surface area contributed by atoms with Crippen molar-refractivity contribution in [2.75, 3.05) is 5.32 Å². The molecule has 1 atom stereocenters. The number of rotatable bonds is 5. The minimum Gasteiger partial charge on any atom is -0.469 e. The summed E-state index contributed by atoms with van der Waals surface area (Å²) < 4.78 is 5.36. The molecule has 0 aliphatic rings. The molecule has 0 bridgehead atoms. The molecule has 0 saturated carbocycles. The standard InChI is InChI=1S/C15H19N3OS/c1-9(7-12-5-4-6-19-12)18-13-8-10(2)17-11(3)14(13)15(16)20/h4-6,8-9H,7H2,1-3H3,(H2,16,20)(H,17,18). The number of hydrogen-bond donors (Lipinski definition) is 2. The van der Waals surface area contributed by atoms with Gasteiger partial charge in [-0.2, -0.15) is 0 Å². The van der Waals surface area contributed by atoms with Crippen LogP contribution in [0.4, 0.5) is 5.69 Å². The summed E-state index contributed by atoms with van der Waals surface area (Å²) in [7, 11) is 0. The minimum atomic E-state index is 0.204. The first-order chi connectivity index (χ1) is 9.47. The van der Waals surface area contributed by atoms with Crippen molar-refractivity contribution in [2.24, 2.45) is 5.73 Å². The van der Waals surface area contributed by atoms with Crippen molar-refractivity contribution in [3.05, 3.63) is 47.2 Å². The van der Waals surface area contributed by atoms with E-state index in [1.807, 2.05) is 32.0 Å². The van der Waals surface area contributed by atoms with Crippen molar-refractivity contribution in [1.29, 1.82) is 0 Å². The van der Waals surface area contributed by atoms with Crippen LogP contribution >= 0.6 is 12.2 Å². The number of nitrogens with zero attached hydrogens (tertiary/aromatic N) is 1. The van der Waals surface area contributed by atoms with E-state index in [1.165, 1.54) is 0 Å². The molecular formula is C15H19N3OS. The lowest BCUT2D eigenvalue weighted by atomic mass is 10.1. The Labute approximate surface area is 124 Å². The summed E-state index contributed by atoms with van der Waals surface area (Å²) >= 11 is 5.13. The van der Waals surface area contributed by atoms with E-state index >= 15 is 0 Å². The van der Waals surface area contributed by atoms with Crippen LogP contribution in [-0.4, -0.2) is 16.0 Å². The van der Waals surface area contributed by atoms with Crippen LogP contribution < -0.4 is 11.1 Å². The van der Waals surface area contributed by atoms with Gasteiger partial charge in [-0.15, -0.1) is 0 Å². The number of aromatic nitrogens is 1. The maximum absolute atomic E-state index is 5.81. The Balaban J connectivity index is 2.21. The highest BCUT2D eigenvalue weighted by atomic mass is 32.1. The number of nitrogens with two attached hydrogens (primary N) is 1. The fourth-order valence-electron chi connectivity index (χ4n) is 2.30. The van der Waals surface area contributed by atoms with E-state index < -0.39 is 0 Å². The van der Waals surface area contributed by atoms with Gasteiger partial charge in [-0.3, -0.25) is 4.98 Å². The van der Waals surface area contributed by atoms with Crippen molar-refractivity contribution in [2.45, 2.75) is 33.2 Å². The van der Waals surface area contributed by atoms with E-state index in [1.54, 1.807) is 6.26 Å². The van der Waals surface area contributed by atoms with E-state index in [2.05, 4.69) is 17.2 Å². The van der Waals surface area contributed by atoms with Gasteiger partial charge in [0, 0.05) is 29.5 Å². The molecule has 0 amide bonds. The zero-order valence-electron chi connectivity index (χ0n) is 11.9. The monoisotopic (exact) mass is 289 g/mol. The van der Waals surface area contributed by atoms with Crippen LogP contribution in [0.5, 0.6) is 0 Å². The van der Waals surface area contributed by atoms with Crippen molar-refractivity contribution in [1.82, 2.24) is 4.98 Å². The van der Waals surface area contributed by atoms with Gasteiger partial charge in [0.25, 0.3) is 0 Å². The topological polar surface area (TPSA) is 64.1 Å². The van der Waals surface area contributed by atoms with Gasteiger partial charge < -0.3 is 15.5 Å². The van der Waals surface area contributed by atoms with E-state index in [0.29, 0.717) is 4.99 Å². The number of anilines is 1. The Morgan fingerprint density at radius 1 is 1.50 bits per heavy atom. The highest BCUT2D eigenvalue weighted by molar-refractivity contribution is 7.80. The van der Waals surface area contributed by atoms with Gasteiger partial charge >= 0.3 is 0 Å². The lowest BCUT2D eigenvalue weighted by molar-refractivity contribution is 0.498. The molecule has 0 aliphatic heterocycles. The van der Waals surface area contributed by atoms with E-state index in [9.17, 15) is 0 Å². The Kier molecular flexibility index (Phi) is 4.39. The molecule has 2 heterocycles. The average Bonchev–Trinajstić information content (AvgIpc) is 2.79. The highest BCUT2D eigenvalue weighted by Gasteiger charge is 2.14. The largest absolute Gasteiger partial charge is 0.469 e. The Bertz CT molecular complexity index is 608. The quantitative estimate of drug-likeness (QED) is 0.829. The summed E-state index contributed by atoms with van der Waals surface area (Å²) in [6.45, 7) is 5.97. The second-order valence-electron chi connectivity index (χ2n) is 4.96. The minimum absolute atomic E-state index is 0.204. The maximum atomic E-state index is 5.81. The molecule has 5 heteroatoms. The van der Waals surface area contributed by atoms with Gasteiger partial charge in [0.2, 0.25) is 0 Å². The molecule has 106 valence electrons. The highest BCUT2D eigenvalue weighted by Crippen LogP contribution is 2.21. The lowest BCUT2D eigenvalue weighted by Crippen LogP contribution is -2.22.